The van der Waals surface area contributed by atoms with Crippen LogP contribution in [-0.2, 0) is 0 Å². The zero-order valence-corrected chi connectivity index (χ0v) is 11.8. The molecule has 1 aromatic heterocycles. The molecule has 1 fully saturated rings. The van der Waals surface area contributed by atoms with Crippen molar-refractivity contribution in [1.29, 1.82) is 0 Å². The summed E-state index contributed by atoms with van der Waals surface area (Å²) < 4.78 is 0. The summed E-state index contributed by atoms with van der Waals surface area (Å²) in [4.78, 5) is 6.84. The van der Waals surface area contributed by atoms with E-state index in [1.54, 1.807) is 0 Å². The molecule has 0 bridgehead atoms. The van der Waals surface area contributed by atoms with Gasteiger partial charge in [0.2, 0.25) is 0 Å². The number of rotatable bonds is 3. The highest BCUT2D eigenvalue weighted by molar-refractivity contribution is 5.25. The molecule has 2 rings (SSSR count). The first-order chi connectivity index (χ1) is 8.65. The number of piperidine rings is 1. The molecular formula is C15H25N3. The first-order valence-electron chi connectivity index (χ1n) is 7.01. The Bertz CT molecular complexity index is 391. The largest absolute Gasteiger partial charge is 0.329 e. The van der Waals surface area contributed by atoms with Gasteiger partial charge in [0.25, 0.3) is 0 Å². The minimum Gasteiger partial charge on any atom is -0.329 e. The minimum absolute atomic E-state index is 0.316. The molecule has 0 radical (unpaired) electrons. The summed E-state index contributed by atoms with van der Waals surface area (Å²) in [5.74, 6) is 0.754. The molecule has 0 aliphatic carbocycles. The van der Waals surface area contributed by atoms with Gasteiger partial charge in [0.1, 0.15) is 0 Å². The Balaban J connectivity index is 2.25. The molecule has 3 heteroatoms. The van der Waals surface area contributed by atoms with Gasteiger partial charge in [0, 0.05) is 31.0 Å². The third kappa shape index (κ3) is 2.57. The molecule has 0 amide bonds. The predicted octanol–water partition coefficient (Wildman–Crippen LogP) is 2.51. The van der Waals surface area contributed by atoms with Crippen molar-refractivity contribution >= 4 is 0 Å². The van der Waals surface area contributed by atoms with Crippen molar-refractivity contribution in [3.8, 4) is 0 Å². The lowest BCUT2D eigenvalue weighted by Gasteiger charge is -2.43. The summed E-state index contributed by atoms with van der Waals surface area (Å²) in [7, 11) is 0. The van der Waals surface area contributed by atoms with E-state index in [9.17, 15) is 0 Å². The zero-order chi connectivity index (χ0) is 13.1. The molecule has 1 aliphatic rings. The Morgan fingerprint density at radius 3 is 2.94 bits per heavy atom. The monoisotopic (exact) mass is 247 g/mol. The number of pyridine rings is 1. The molecule has 3 unspecified atom stereocenters. The van der Waals surface area contributed by atoms with Crippen molar-refractivity contribution in [2.75, 3.05) is 13.1 Å². The lowest BCUT2D eigenvalue weighted by Crippen LogP contribution is -2.46. The molecule has 3 nitrogen and oxygen atoms in total. The van der Waals surface area contributed by atoms with Gasteiger partial charge in [-0.05, 0) is 56.3 Å². The van der Waals surface area contributed by atoms with Gasteiger partial charge in [-0.15, -0.1) is 0 Å². The second kappa shape index (κ2) is 5.81. The van der Waals surface area contributed by atoms with Crippen LogP contribution in [-0.4, -0.2) is 29.0 Å². The number of nitrogens with zero attached hydrogens (tertiary/aromatic N) is 2. The zero-order valence-electron chi connectivity index (χ0n) is 11.8. The Morgan fingerprint density at radius 2 is 2.28 bits per heavy atom. The van der Waals surface area contributed by atoms with Crippen LogP contribution in [0.5, 0.6) is 0 Å². The molecular weight excluding hydrogens is 222 g/mol. The number of hydrogen-bond acceptors (Lipinski definition) is 3. The Labute approximate surface area is 110 Å². The third-order valence-corrected chi connectivity index (χ3v) is 4.48. The van der Waals surface area contributed by atoms with Crippen molar-refractivity contribution in [3.63, 3.8) is 0 Å². The third-order valence-electron chi connectivity index (χ3n) is 4.48. The van der Waals surface area contributed by atoms with Crippen LogP contribution in [0.25, 0.3) is 0 Å². The first-order valence-corrected chi connectivity index (χ1v) is 7.01. The normalized spacial score (nSPS) is 27.1. The Hall–Kier alpha value is -0.930. The van der Waals surface area contributed by atoms with Crippen molar-refractivity contribution in [2.45, 2.75) is 45.7 Å². The second-order valence-electron chi connectivity index (χ2n) is 5.58. The molecule has 0 saturated carbocycles. The molecule has 1 aliphatic heterocycles. The molecule has 100 valence electrons. The Morgan fingerprint density at radius 1 is 1.50 bits per heavy atom. The van der Waals surface area contributed by atoms with E-state index in [-0.39, 0.29) is 0 Å². The van der Waals surface area contributed by atoms with Gasteiger partial charge >= 0.3 is 0 Å². The maximum absolute atomic E-state index is 6.04. The van der Waals surface area contributed by atoms with E-state index in [0.717, 1.165) is 12.5 Å². The minimum atomic E-state index is 0.316. The Kier molecular flexibility index (Phi) is 4.36. The quantitative estimate of drug-likeness (QED) is 0.892. The molecule has 1 saturated heterocycles. The van der Waals surface area contributed by atoms with Crippen LogP contribution in [0.15, 0.2) is 18.5 Å². The van der Waals surface area contributed by atoms with Gasteiger partial charge < -0.3 is 5.73 Å². The van der Waals surface area contributed by atoms with Crippen LogP contribution in [0.4, 0.5) is 0 Å². The number of aryl methyl sites for hydroxylation is 1. The van der Waals surface area contributed by atoms with E-state index >= 15 is 0 Å². The summed E-state index contributed by atoms with van der Waals surface area (Å²) in [6.07, 6.45) is 6.45. The number of nitrogens with two attached hydrogens (primary N) is 1. The van der Waals surface area contributed by atoms with Gasteiger partial charge in [-0.1, -0.05) is 6.92 Å². The van der Waals surface area contributed by atoms with E-state index < -0.39 is 0 Å². The van der Waals surface area contributed by atoms with Gasteiger partial charge in [0.15, 0.2) is 0 Å². The van der Waals surface area contributed by atoms with E-state index in [1.807, 2.05) is 12.4 Å². The van der Waals surface area contributed by atoms with E-state index in [0.29, 0.717) is 18.6 Å². The van der Waals surface area contributed by atoms with E-state index in [2.05, 4.69) is 36.7 Å². The van der Waals surface area contributed by atoms with Crippen LogP contribution >= 0.6 is 0 Å². The van der Waals surface area contributed by atoms with Crippen LogP contribution in [0.3, 0.4) is 0 Å². The lowest BCUT2D eigenvalue weighted by molar-refractivity contribution is 0.0705. The predicted molar refractivity (Wildman–Crippen MR) is 75.3 cm³/mol. The smallest absolute Gasteiger partial charge is 0.0491 e. The molecule has 0 aromatic carbocycles. The maximum atomic E-state index is 6.04. The summed E-state index contributed by atoms with van der Waals surface area (Å²) in [6.45, 7) is 8.65. The van der Waals surface area contributed by atoms with Gasteiger partial charge in [-0.3, -0.25) is 9.88 Å². The van der Waals surface area contributed by atoms with Crippen LogP contribution in [0.2, 0.25) is 0 Å². The van der Waals surface area contributed by atoms with Gasteiger partial charge in [0.05, 0.1) is 0 Å². The lowest BCUT2D eigenvalue weighted by atomic mass is 9.89. The molecule has 2 N–H and O–H groups in total. The average Bonchev–Trinajstić information content (AvgIpc) is 2.37. The number of hydrogen-bond donors (Lipinski definition) is 1. The first kappa shape index (κ1) is 13.5. The van der Waals surface area contributed by atoms with Crippen molar-refractivity contribution in [3.05, 3.63) is 29.6 Å². The molecule has 18 heavy (non-hydrogen) atoms. The fourth-order valence-electron chi connectivity index (χ4n) is 3.07. The molecule has 2 heterocycles. The van der Waals surface area contributed by atoms with Crippen LogP contribution < -0.4 is 5.73 Å². The van der Waals surface area contributed by atoms with Crippen molar-refractivity contribution in [1.82, 2.24) is 9.88 Å². The summed E-state index contributed by atoms with van der Waals surface area (Å²) >= 11 is 0. The molecule has 3 atom stereocenters. The maximum Gasteiger partial charge on any atom is 0.0491 e. The summed E-state index contributed by atoms with van der Waals surface area (Å²) in [5.41, 5.74) is 8.63. The fraction of sp³-hybridized carbons (Fsp3) is 0.667. The highest BCUT2D eigenvalue weighted by atomic mass is 15.2. The standard InChI is InChI=1S/C15H25N3/c1-11-5-4-8-18(13(11)3)15(9-16)14-10-17-7-6-12(14)2/h6-7,10-11,13,15H,4-5,8-9,16H2,1-3H3. The van der Waals surface area contributed by atoms with Gasteiger partial charge in [-0.2, -0.15) is 0 Å². The second-order valence-corrected chi connectivity index (χ2v) is 5.58. The average molecular weight is 247 g/mol. The highest BCUT2D eigenvalue weighted by Crippen LogP contribution is 2.31. The van der Waals surface area contributed by atoms with E-state index in [4.69, 9.17) is 5.73 Å². The number of aromatic nitrogens is 1. The summed E-state index contributed by atoms with van der Waals surface area (Å²) in [5, 5.41) is 0. The topological polar surface area (TPSA) is 42.1 Å². The molecule has 1 aromatic rings. The van der Waals surface area contributed by atoms with Crippen molar-refractivity contribution in [2.24, 2.45) is 11.7 Å². The van der Waals surface area contributed by atoms with Crippen LogP contribution in [0, 0.1) is 12.8 Å². The van der Waals surface area contributed by atoms with Gasteiger partial charge in [-0.25, -0.2) is 0 Å². The van der Waals surface area contributed by atoms with Crippen molar-refractivity contribution < 1.29 is 0 Å². The fourth-order valence-corrected chi connectivity index (χ4v) is 3.07. The summed E-state index contributed by atoms with van der Waals surface area (Å²) in [6, 6.07) is 3.00. The van der Waals surface area contributed by atoms with Crippen LogP contribution in [0.1, 0.15) is 43.9 Å². The highest BCUT2D eigenvalue weighted by Gasteiger charge is 2.30. The number of likely N-dealkylation sites (tertiary alicyclic amines) is 1. The van der Waals surface area contributed by atoms with E-state index in [1.165, 1.54) is 24.0 Å². The molecule has 0 spiro atoms. The SMILES string of the molecule is Cc1ccncc1C(CN)N1CCCC(C)C1C.